The van der Waals surface area contributed by atoms with Gasteiger partial charge in [0, 0.05) is 19.6 Å². The van der Waals surface area contributed by atoms with Crippen LogP contribution in [0.3, 0.4) is 0 Å². The maximum Gasteiger partial charge on any atom is 0.339 e. The summed E-state index contributed by atoms with van der Waals surface area (Å²) >= 11 is 0. The first-order chi connectivity index (χ1) is 11.2. The van der Waals surface area contributed by atoms with E-state index in [-0.39, 0.29) is 12.1 Å². The minimum absolute atomic E-state index is 0.363. The van der Waals surface area contributed by atoms with Crippen LogP contribution in [0.2, 0.25) is 0 Å². The lowest BCUT2D eigenvalue weighted by Gasteiger charge is -2.29. The number of carbonyl (C=O) groups is 1. The molecule has 0 spiro atoms. The third-order valence-corrected chi connectivity index (χ3v) is 4.19. The Bertz CT molecular complexity index is 597. The molecule has 3 rings (SSSR count). The van der Waals surface area contributed by atoms with E-state index in [9.17, 15) is 4.79 Å². The molecular formula is C16H21NO6. The highest BCUT2D eigenvalue weighted by molar-refractivity contribution is 5.96. The fourth-order valence-electron chi connectivity index (χ4n) is 3.07. The first-order valence-electron chi connectivity index (χ1n) is 7.53. The van der Waals surface area contributed by atoms with E-state index in [1.807, 2.05) is 0 Å². The van der Waals surface area contributed by atoms with E-state index in [2.05, 4.69) is 4.90 Å². The molecule has 23 heavy (non-hydrogen) atoms. The van der Waals surface area contributed by atoms with Gasteiger partial charge in [-0.05, 0) is 6.07 Å². The van der Waals surface area contributed by atoms with Gasteiger partial charge in [0.1, 0.15) is 6.10 Å². The summed E-state index contributed by atoms with van der Waals surface area (Å²) in [5.74, 6) is 1.05. The number of ether oxygens (including phenoxy) is 5. The van der Waals surface area contributed by atoms with Crippen molar-refractivity contribution in [3.63, 3.8) is 0 Å². The minimum Gasteiger partial charge on any atom is -0.493 e. The minimum atomic E-state index is -0.384. The summed E-state index contributed by atoms with van der Waals surface area (Å²) in [6, 6.07) is 1.65. The topological polar surface area (TPSA) is 66.5 Å². The molecule has 0 bridgehead atoms. The van der Waals surface area contributed by atoms with E-state index in [0.717, 1.165) is 18.7 Å². The lowest BCUT2D eigenvalue weighted by molar-refractivity contribution is 0.00142. The van der Waals surface area contributed by atoms with Gasteiger partial charge in [0.25, 0.3) is 0 Å². The van der Waals surface area contributed by atoms with Crippen molar-refractivity contribution >= 4 is 5.97 Å². The van der Waals surface area contributed by atoms with Crippen LogP contribution in [-0.2, 0) is 9.47 Å². The lowest BCUT2D eigenvalue weighted by atomic mass is 10.0. The third kappa shape index (κ3) is 2.82. The number of esters is 1. The second kappa shape index (κ2) is 6.64. The molecule has 0 amide bonds. The molecule has 126 valence electrons. The summed E-state index contributed by atoms with van der Waals surface area (Å²) in [7, 11) is 4.61. The predicted octanol–water partition coefficient (Wildman–Crippen LogP) is 1.26. The molecule has 2 heterocycles. The van der Waals surface area contributed by atoms with E-state index in [0.29, 0.717) is 42.6 Å². The van der Waals surface area contributed by atoms with Gasteiger partial charge >= 0.3 is 5.97 Å². The zero-order valence-electron chi connectivity index (χ0n) is 13.6. The molecule has 7 nitrogen and oxygen atoms in total. The predicted molar refractivity (Wildman–Crippen MR) is 81.5 cm³/mol. The van der Waals surface area contributed by atoms with Gasteiger partial charge < -0.3 is 23.7 Å². The molecule has 1 atom stereocenters. The number of fused-ring (bicyclic) bond motifs is 1. The number of benzene rings is 1. The maximum absolute atomic E-state index is 12.2. The second-order valence-electron chi connectivity index (χ2n) is 5.41. The summed E-state index contributed by atoms with van der Waals surface area (Å²) < 4.78 is 27.1. The normalized spacial score (nSPS) is 20.8. The molecule has 1 aromatic rings. The number of hydrogen-bond donors (Lipinski definition) is 0. The highest BCUT2D eigenvalue weighted by Crippen LogP contribution is 2.48. The van der Waals surface area contributed by atoms with Gasteiger partial charge in [0.2, 0.25) is 5.75 Å². The summed E-state index contributed by atoms with van der Waals surface area (Å²) in [5.41, 5.74) is 1.19. The summed E-state index contributed by atoms with van der Waals surface area (Å²) in [5, 5.41) is 0. The Morgan fingerprint density at radius 2 is 1.83 bits per heavy atom. The standard InChI is InChI=1S/C16H21NO6/c1-19-11-8-10-13(15(21-3)14(11)20-2)12(23-16(10)18)9-17-4-6-22-7-5-17/h8,12H,4-7,9H2,1-3H3. The second-order valence-corrected chi connectivity index (χ2v) is 5.41. The zero-order valence-corrected chi connectivity index (χ0v) is 13.6. The SMILES string of the molecule is COc1cc2c(c(OC)c1OC)C(CN1CCOCC1)OC2=O. The number of hydrogen-bond acceptors (Lipinski definition) is 7. The average molecular weight is 323 g/mol. The first kappa shape index (κ1) is 15.9. The van der Waals surface area contributed by atoms with Crippen molar-refractivity contribution in [2.75, 3.05) is 54.2 Å². The first-order valence-corrected chi connectivity index (χ1v) is 7.53. The van der Waals surface area contributed by atoms with Crippen LogP contribution in [0.1, 0.15) is 22.0 Å². The van der Waals surface area contributed by atoms with Crippen LogP contribution >= 0.6 is 0 Å². The van der Waals surface area contributed by atoms with Gasteiger partial charge in [-0.15, -0.1) is 0 Å². The largest absolute Gasteiger partial charge is 0.493 e. The van der Waals surface area contributed by atoms with Crippen molar-refractivity contribution in [2.45, 2.75) is 6.10 Å². The number of methoxy groups -OCH3 is 3. The molecule has 1 fully saturated rings. The number of rotatable bonds is 5. The monoisotopic (exact) mass is 323 g/mol. The van der Waals surface area contributed by atoms with Crippen LogP contribution in [0.25, 0.3) is 0 Å². The van der Waals surface area contributed by atoms with E-state index >= 15 is 0 Å². The van der Waals surface area contributed by atoms with Gasteiger partial charge in [-0.3, -0.25) is 4.90 Å². The highest BCUT2D eigenvalue weighted by Gasteiger charge is 2.38. The van der Waals surface area contributed by atoms with Crippen LogP contribution in [0.4, 0.5) is 0 Å². The van der Waals surface area contributed by atoms with Crippen molar-refractivity contribution in [1.82, 2.24) is 4.90 Å². The van der Waals surface area contributed by atoms with Gasteiger partial charge in [0.05, 0.1) is 45.7 Å². The Kier molecular flexibility index (Phi) is 4.58. The van der Waals surface area contributed by atoms with E-state index < -0.39 is 0 Å². The van der Waals surface area contributed by atoms with Gasteiger partial charge in [-0.1, -0.05) is 0 Å². The fraction of sp³-hybridized carbons (Fsp3) is 0.562. The lowest BCUT2D eigenvalue weighted by Crippen LogP contribution is -2.38. The summed E-state index contributed by atoms with van der Waals surface area (Å²) in [6.45, 7) is 3.62. The zero-order chi connectivity index (χ0) is 16.4. The Morgan fingerprint density at radius 3 is 2.43 bits per heavy atom. The van der Waals surface area contributed by atoms with E-state index in [4.69, 9.17) is 23.7 Å². The molecule has 1 aromatic carbocycles. The molecule has 1 saturated heterocycles. The average Bonchev–Trinajstić information content (AvgIpc) is 2.89. The van der Waals surface area contributed by atoms with Gasteiger partial charge in [0.15, 0.2) is 11.5 Å². The van der Waals surface area contributed by atoms with Crippen LogP contribution in [-0.4, -0.2) is 65.0 Å². The number of carbonyl (C=O) groups excluding carboxylic acids is 1. The molecule has 2 aliphatic heterocycles. The Hall–Kier alpha value is -1.99. The van der Waals surface area contributed by atoms with Crippen LogP contribution in [0, 0.1) is 0 Å². The number of nitrogens with zero attached hydrogens (tertiary/aromatic N) is 1. The molecule has 0 radical (unpaired) electrons. The van der Waals surface area contributed by atoms with Crippen molar-refractivity contribution in [3.8, 4) is 17.2 Å². The maximum atomic E-state index is 12.2. The summed E-state index contributed by atoms with van der Waals surface area (Å²) in [6.07, 6.45) is -0.384. The molecule has 7 heteroatoms. The van der Waals surface area contributed by atoms with Crippen molar-refractivity contribution in [2.24, 2.45) is 0 Å². The molecule has 2 aliphatic rings. The van der Waals surface area contributed by atoms with Crippen molar-refractivity contribution < 1.29 is 28.5 Å². The highest BCUT2D eigenvalue weighted by atomic mass is 16.6. The van der Waals surface area contributed by atoms with Gasteiger partial charge in [-0.2, -0.15) is 0 Å². The summed E-state index contributed by atoms with van der Waals surface area (Å²) in [4.78, 5) is 14.5. The quantitative estimate of drug-likeness (QED) is 0.756. The molecule has 0 aliphatic carbocycles. The third-order valence-electron chi connectivity index (χ3n) is 4.19. The Labute approximate surface area is 135 Å². The number of morpholine rings is 1. The molecule has 0 saturated carbocycles. The van der Waals surface area contributed by atoms with E-state index in [1.54, 1.807) is 20.3 Å². The Balaban J connectivity index is 1.98. The molecule has 1 unspecified atom stereocenters. The van der Waals surface area contributed by atoms with Gasteiger partial charge in [-0.25, -0.2) is 4.79 Å². The smallest absolute Gasteiger partial charge is 0.339 e. The van der Waals surface area contributed by atoms with E-state index in [1.165, 1.54) is 7.11 Å². The molecular weight excluding hydrogens is 302 g/mol. The molecule has 0 N–H and O–H groups in total. The van der Waals surface area contributed by atoms with Crippen molar-refractivity contribution in [3.05, 3.63) is 17.2 Å². The van der Waals surface area contributed by atoms with Crippen LogP contribution in [0.15, 0.2) is 6.07 Å². The number of cyclic esters (lactones) is 1. The fourth-order valence-corrected chi connectivity index (χ4v) is 3.07. The van der Waals surface area contributed by atoms with Crippen LogP contribution in [0.5, 0.6) is 17.2 Å². The van der Waals surface area contributed by atoms with Crippen molar-refractivity contribution in [1.29, 1.82) is 0 Å². The molecule has 0 aromatic heterocycles. The van der Waals surface area contributed by atoms with Crippen LogP contribution < -0.4 is 14.2 Å². The Morgan fingerprint density at radius 1 is 1.13 bits per heavy atom.